The Morgan fingerprint density at radius 2 is 1.94 bits per heavy atom. The van der Waals surface area contributed by atoms with Crippen LogP contribution in [0.25, 0.3) is 0 Å². The van der Waals surface area contributed by atoms with Crippen LogP contribution in [0.1, 0.15) is 34.1 Å². The van der Waals surface area contributed by atoms with E-state index in [0.717, 1.165) is 6.42 Å². The van der Waals surface area contributed by atoms with Gasteiger partial charge in [-0.3, -0.25) is 4.79 Å². The molecule has 0 spiro atoms. The molecule has 0 rings (SSSR count). The number of amides is 1. The van der Waals surface area contributed by atoms with Gasteiger partial charge in [0.05, 0.1) is 12.6 Å². The summed E-state index contributed by atoms with van der Waals surface area (Å²) in [5.74, 6) is 0.197. The number of methoxy groups -OCH3 is 1. The first-order chi connectivity index (χ1) is 7.45. The van der Waals surface area contributed by atoms with Crippen LogP contribution in [0.4, 0.5) is 0 Å². The summed E-state index contributed by atoms with van der Waals surface area (Å²) in [6.45, 7) is 9.21. The van der Waals surface area contributed by atoms with E-state index < -0.39 is 6.04 Å². The van der Waals surface area contributed by atoms with Crippen LogP contribution in [-0.4, -0.2) is 43.2 Å². The van der Waals surface area contributed by atoms with Crippen molar-refractivity contribution < 1.29 is 9.53 Å². The number of ether oxygens (including phenoxy) is 1. The monoisotopic (exact) mass is 230 g/mol. The molecule has 0 fully saturated rings. The molecule has 4 heteroatoms. The second-order valence-electron chi connectivity index (χ2n) is 4.55. The Morgan fingerprint density at radius 3 is 2.31 bits per heavy atom. The van der Waals surface area contributed by atoms with Gasteiger partial charge in [0.15, 0.2) is 0 Å². The molecule has 0 aliphatic carbocycles. The van der Waals surface area contributed by atoms with Crippen LogP contribution in [0.2, 0.25) is 0 Å². The summed E-state index contributed by atoms with van der Waals surface area (Å²) >= 11 is 0. The van der Waals surface area contributed by atoms with Crippen molar-refractivity contribution in [3.8, 4) is 0 Å². The van der Waals surface area contributed by atoms with Gasteiger partial charge in [0.25, 0.3) is 0 Å². The van der Waals surface area contributed by atoms with Gasteiger partial charge in [-0.05, 0) is 19.3 Å². The van der Waals surface area contributed by atoms with Gasteiger partial charge in [-0.1, -0.05) is 20.8 Å². The van der Waals surface area contributed by atoms with E-state index in [0.29, 0.717) is 13.2 Å². The normalized spacial score (nSPS) is 14.9. The van der Waals surface area contributed by atoms with Crippen molar-refractivity contribution >= 4 is 5.91 Å². The van der Waals surface area contributed by atoms with E-state index >= 15 is 0 Å². The topological polar surface area (TPSA) is 55.6 Å². The molecule has 0 radical (unpaired) electrons. The second-order valence-corrected chi connectivity index (χ2v) is 4.55. The first-order valence-electron chi connectivity index (χ1n) is 6.00. The molecule has 4 nitrogen and oxygen atoms in total. The molecule has 2 N–H and O–H groups in total. The minimum Gasteiger partial charge on any atom is -0.383 e. The highest BCUT2D eigenvalue weighted by Gasteiger charge is 2.25. The summed E-state index contributed by atoms with van der Waals surface area (Å²) in [5.41, 5.74) is 5.89. The molecule has 0 aromatic rings. The summed E-state index contributed by atoms with van der Waals surface area (Å²) < 4.78 is 5.02. The second kappa shape index (κ2) is 7.63. The largest absolute Gasteiger partial charge is 0.383 e. The molecular formula is C12H26N2O2. The lowest BCUT2D eigenvalue weighted by atomic mass is 10.0. The van der Waals surface area contributed by atoms with E-state index in [9.17, 15) is 4.79 Å². The third-order valence-corrected chi connectivity index (χ3v) is 2.95. The van der Waals surface area contributed by atoms with Crippen LogP contribution >= 0.6 is 0 Å². The minimum atomic E-state index is -0.411. The zero-order valence-corrected chi connectivity index (χ0v) is 11.2. The zero-order valence-electron chi connectivity index (χ0n) is 11.2. The number of rotatable bonds is 7. The van der Waals surface area contributed by atoms with Crippen molar-refractivity contribution in [1.82, 2.24) is 4.90 Å². The average Bonchev–Trinajstić information content (AvgIpc) is 2.27. The summed E-state index contributed by atoms with van der Waals surface area (Å²) in [6, 6.07) is -0.196. The molecule has 0 saturated heterocycles. The molecule has 1 amide bonds. The van der Waals surface area contributed by atoms with Crippen molar-refractivity contribution in [1.29, 1.82) is 0 Å². The maximum Gasteiger partial charge on any atom is 0.240 e. The summed E-state index contributed by atoms with van der Waals surface area (Å²) in [7, 11) is 1.64. The molecule has 0 aliphatic heterocycles. The van der Waals surface area contributed by atoms with Gasteiger partial charge in [-0.25, -0.2) is 0 Å². The van der Waals surface area contributed by atoms with E-state index in [1.54, 1.807) is 7.11 Å². The number of carbonyl (C=O) groups is 1. The van der Waals surface area contributed by atoms with Crippen LogP contribution in [0.5, 0.6) is 0 Å². The van der Waals surface area contributed by atoms with Crippen LogP contribution in [0.15, 0.2) is 0 Å². The predicted octanol–water partition coefficient (Wildman–Crippen LogP) is 1.24. The molecule has 96 valence electrons. The fourth-order valence-electron chi connectivity index (χ4n) is 1.43. The molecule has 0 heterocycles. The Balaban J connectivity index is 4.54. The average molecular weight is 230 g/mol. The molecule has 16 heavy (non-hydrogen) atoms. The van der Waals surface area contributed by atoms with Crippen molar-refractivity contribution in [3.05, 3.63) is 0 Å². The zero-order chi connectivity index (χ0) is 12.7. The van der Waals surface area contributed by atoms with Crippen molar-refractivity contribution in [3.63, 3.8) is 0 Å². The van der Waals surface area contributed by atoms with Gasteiger partial charge in [0, 0.05) is 19.7 Å². The minimum absolute atomic E-state index is 0.0291. The smallest absolute Gasteiger partial charge is 0.240 e. The molecule has 1 unspecified atom stereocenters. The van der Waals surface area contributed by atoms with Gasteiger partial charge in [-0.15, -0.1) is 0 Å². The first-order valence-corrected chi connectivity index (χ1v) is 6.00. The van der Waals surface area contributed by atoms with Gasteiger partial charge >= 0.3 is 0 Å². The molecule has 0 saturated carbocycles. The third kappa shape index (κ3) is 4.49. The Bertz CT molecular complexity index is 207. The summed E-state index contributed by atoms with van der Waals surface area (Å²) in [4.78, 5) is 14.0. The lowest BCUT2D eigenvalue weighted by Gasteiger charge is -2.31. The Labute approximate surface area is 99.1 Å². The summed E-state index contributed by atoms with van der Waals surface area (Å²) in [6.07, 6.45) is 0.931. The van der Waals surface area contributed by atoms with Crippen molar-refractivity contribution in [2.24, 2.45) is 11.7 Å². The molecule has 2 atom stereocenters. The first kappa shape index (κ1) is 15.4. The Hall–Kier alpha value is -0.610. The standard InChI is InChI=1S/C12H26N2O2/c1-6-10(4)14(7-8-16-5)12(15)11(13)9(2)3/h9-11H,6-8,13H2,1-5H3/t10?,11-/m0/s1. The van der Waals surface area contributed by atoms with Gasteiger partial charge in [-0.2, -0.15) is 0 Å². The fourth-order valence-corrected chi connectivity index (χ4v) is 1.43. The molecular weight excluding hydrogens is 204 g/mol. The molecule has 0 aromatic carbocycles. The van der Waals surface area contributed by atoms with E-state index in [4.69, 9.17) is 10.5 Å². The van der Waals surface area contributed by atoms with E-state index in [1.807, 2.05) is 25.7 Å². The van der Waals surface area contributed by atoms with Crippen LogP contribution in [0, 0.1) is 5.92 Å². The van der Waals surface area contributed by atoms with E-state index in [-0.39, 0.29) is 17.9 Å². The molecule has 0 aliphatic rings. The van der Waals surface area contributed by atoms with Gasteiger partial charge < -0.3 is 15.4 Å². The Morgan fingerprint density at radius 1 is 1.38 bits per heavy atom. The highest BCUT2D eigenvalue weighted by Crippen LogP contribution is 2.09. The number of hydrogen-bond donors (Lipinski definition) is 1. The van der Waals surface area contributed by atoms with Crippen LogP contribution in [-0.2, 0) is 9.53 Å². The SMILES string of the molecule is CCC(C)N(CCOC)C(=O)[C@@H](N)C(C)C. The predicted molar refractivity (Wildman–Crippen MR) is 66.2 cm³/mol. The van der Waals surface area contributed by atoms with Crippen LogP contribution in [0.3, 0.4) is 0 Å². The highest BCUT2D eigenvalue weighted by atomic mass is 16.5. The van der Waals surface area contributed by atoms with Gasteiger partial charge in [0.2, 0.25) is 5.91 Å². The quantitative estimate of drug-likeness (QED) is 0.716. The van der Waals surface area contributed by atoms with Gasteiger partial charge in [0.1, 0.15) is 0 Å². The van der Waals surface area contributed by atoms with Crippen LogP contribution < -0.4 is 5.73 Å². The van der Waals surface area contributed by atoms with E-state index in [2.05, 4.69) is 6.92 Å². The molecule has 0 aromatic heterocycles. The third-order valence-electron chi connectivity index (χ3n) is 2.95. The lowest BCUT2D eigenvalue weighted by Crippen LogP contribution is -2.50. The summed E-state index contributed by atoms with van der Waals surface area (Å²) in [5, 5.41) is 0. The van der Waals surface area contributed by atoms with Crippen molar-refractivity contribution in [2.75, 3.05) is 20.3 Å². The van der Waals surface area contributed by atoms with Crippen molar-refractivity contribution in [2.45, 2.75) is 46.2 Å². The number of carbonyl (C=O) groups excluding carboxylic acids is 1. The fraction of sp³-hybridized carbons (Fsp3) is 0.917. The number of nitrogens with zero attached hydrogens (tertiary/aromatic N) is 1. The molecule has 0 bridgehead atoms. The lowest BCUT2D eigenvalue weighted by molar-refractivity contribution is -0.136. The number of nitrogens with two attached hydrogens (primary N) is 1. The Kier molecular flexibility index (Phi) is 7.34. The number of hydrogen-bond acceptors (Lipinski definition) is 3. The highest BCUT2D eigenvalue weighted by molar-refractivity contribution is 5.82. The van der Waals surface area contributed by atoms with E-state index in [1.165, 1.54) is 0 Å². The maximum atomic E-state index is 12.1. The maximum absolute atomic E-state index is 12.1.